The molecule has 1 unspecified atom stereocenters. The zero-order chi connectivity index (χ0) is 6.97. The maximum absolute atomic E-state index is 5.80. The summed E-state index contributed by atoms with van der Waals surface area (Å²) in [6, 6.07) is 8.00. The van der Waals surface area contributed by atoms with E-state index in [-0.39, 0.29) is 8.94 Å². The lowest BCUT2D eigenvalue weighted by molar-refractivity contribution is 1.42. The molecule has 0 aliphatic carbocycles. The van der Waals surface area contributed by atoms with Crippen molar-refractivity contribution in [3.05, 3.63) is 24.3 Å². The zero-order valence-electron chi connectivity index (χ0n) is 4.95. The van der Waals surface area contributed by atoms with Gasteiger partial charge >= 0.3 is 0 Å². The molecule has 1 aliphatic rings. The van der Waals surface area contributed by atoms with E-state index in [2.05, 4.69) is 4.36 Å². The van der Waals surface area contributed by atoms with Gasteiger partial charge in [-0.3, -0.25) is 0 Å². The highest BCUT2D eigenvalue weighted by molar-refractivity contribution is 8.78. The first-order chi connectivity index (χ1) is 4.86. The zero-order valence-corrected chi connectivity index (χ0v) is 7.34. The fourth-order valence-electron chi connectivity index (χ4n) is 0.773. The maximum Gasteiger partial charge on any atom is 0.0871 e. The summed E-state index contributed by atoms with van der Waals surface area (Å²) in [6.45, 7) is 0. The van der Waals surface area contributed by atoms with Crippen LogP contribution in [0.5, 0.6) is 0 Å². The normalized spacial score (nSPS) is 21.9. The predicted octanol–water partition coefficient (Wildman–Crippen LogP) is 3.29. The monoisotopic (exact) mass is 189 g/mol. The summed E-state index contributed by atoms with van der Waals surface area (Å²) in [7, 11) is 7.06. The Bertz CT molecular complexity index is 298. The Balaban J connectivity index is 2.54. The number of nitrogens with zero attached hydrogens (tertiary/aromatic N) is 1. The SMILES string of the molecule is ClS1=Nc2ccccc2S1. The van der Waals surface area contributed by atoms with E-state index in [1.165, 1.54) is 4.90 Å². The highest BCUT2D eigenvalue weighted by Gasteiger charge is 2.10. The fraction of sp³-hybridized carbons (Fsp3) is 0. The standard InChI is InChI=1S/C6H4ClNS2/c7-10-8-5-3-1-2-4-6(5)9-10/h1-4H. The third-order valence-electron chi connectivity index (χ3n) is 1.19. The minimum absolute atomic E-state index is 0.355. The van der Waals surface area contributed by atoms with Gasteiger partial charge in [0.1, 0.15) is 0 Å². The van der Waals surface area contributed by atoms with Crippen molar-refractivity contribution in [2.75, 3.05) is 0 Å². The van der Waals surface area contributed by atoms with Gasteiger partial charge in [0.15, 0.2) is 0 Å². The molecule has 1 aromatic rings. The van der Waals surface area contributed by atoms with Crippen LogP contribution in [-0.2, 0) is 8.94 Å². The van der Waals surface area contributed by atoms with E-state index < -0.39 is 0 Å². The summed E-state index contributed by atoms with van der Waals surface area (Å²) in [6.07, 6.45) is 0. The molecular weight excluding hydrogens is 186 g/mol. The van der Waals surface area contributed by atoms with Gasteiger partial charge in [0, 0.05) is 4.90 Å². The molecule has 0 bridgehead atoms. The molecule has 0 saturated carbocycles. The van der Waals surface area contributed by atoms with E-state index in [1.807, 2.05) is 24.3 Å². The average Bonchev–Trinajstić information content (AvgIpc) is 2.27. The Hall–Kier alpha value is 0.01000. The highest BCUT2D eigenvalue weighted by atomic mass is 35.7. The second-order valence-electron chi connectivity index (χ2n) is 1.85. The molecule has 1 aliphatic heterocycles. The van der Waals surface area contributed by atoms with Gasteiger partial charge in [0.2, 0.25) is 0 Å². The Morgan fingerprint density at radius 2 is 2.20 bits per heavy atom. The molecule has 10 heavy (non-hydrogen) atoms. The van der Waals surface area contributed by atoms with Crippen molar-refractivity contribution in [1.29, 1.82) is 0 Å². The number of benzene rings is 1. The molecule has 1 aromatic carbocycles. The van der Waals surface area contributed by atoms with Crippen LogP contribution in [-0.4, -0.2) is 0 Å². The number of hydrogen-bond donors (Lipinski definition) is 0. The van der Waals surface area contributed by atoms with Crippen molar-refractivity contribution < 1.29 is 0 Å². The molecule has 1 heterocycles. The van der Waals surface area contributed by atoms with Crippen molar-refractivity contribution in [3.8, 4) is 0 Å². The average molecular weight is 190 g/mol. The van der Waals surface area contributed by atoms with Crippen LogP contribution in [0, 0.1) is 0 Å². The van der Waals surface area contributed by atoms with Crippen LogP contribution in [0.25, 0.3) is 0 Å². The molecule has 0 N–H and O–H groups in total. The maximum atomic E-state index is 5.80. The molecule has 2 rings (SSSR count). The van der Waals surface area contributed by atoms with Crippen LogP contribution >= 0.6 is 21.5 Å². The lowest BCUT2D eigenvalue weighted by Gasteiger charge is -1.89. The van der Waals surface area contributed by atoms with E-state index >= 15 is 0 Å². The molecule has 0 fully saturated rings. The molecular formula is C6H4ClNS2. The number of rotatable bonds is 0. The summed E-state index contributed by atoms with van der Waals surface area (Å²) in [5, 5.41) is 0. The summed E-state index contributed by atoms with van der Waals surface area (Å²) >= 11 is 0. The van der Waals surface area contributed by atoms with Crippen molar-refractivity contribution in [2.45, 2.75) is 4.90 Å². The summed E-state index contributed by atoms with van der Waals surface area (Å²) in [5.41, 5.74) is 1.03. The summed E-state index contributed by atoms with van der Waals surface area (Å²) in [4.78, 5) is 1.20. The minimum Gasteiger partial charge on any atom is -0.200 e. The lowest BCUT2D eigenvalue weighted by Crippen LogP contribution is -1.62. The summed E-state index contributed by atoms with van der Waals surface area (Å²) < 4.78 is 4.21. The van der Waals surface area contributed by atoms with Crippen LogP contribution in [0.15, 0.2) is 33.5 Å². The van der Waals surface area contributed by atoms with Crippen LogP contribution in [0.3, 0.4) is 0 Å². The van der Waals surface area contributed by atoms with E-state index in [1.54, 1.807) is 10.8 Å². The van der Waals surface area contributed by atoms with Gasteiger partial charge < -0.3 is 0 Å². The Morgan fingerprint density at radius 1 is 1.40 bits per heavy atom. The van der Waals surface area contributed by atoms with Crippen LogP contribution in [0.4, 0.5) is 5.69 Å². The van der Waals surface area contributed by atoms with E-state index in [9.17, 15) is 0 Å². The first-order valence-electron chi connectivity index (χ1n) is 2.76. The molecule has 0 amide bonds. The fourth-order valence-corrected chi connectivity index (χ4v) is 3.72. The highest BCUT2D eigenvalue weighted by Crippen LogP contribution is 2.41. The molecule has 52 valence electrons. The molecule has 0 aromatic heterocycles. The smallest absolute Gasteiger partial charge is 0.0871 e. The Kier molecular flexibility index (Phi) is 1.72. The number of fused-ring (bicyclic) bond motifs is 1. The quantitative estimate of drug-likeness (QED) is 0.571. The molecule has 0 saturated heterocycles. The first kappa shape index (κ1) is 6.70. The first-order valence-corrected chi connectivity index (χ1v) is 6.10. The van der Waals surface area contributed by atoms with E-state index in [0.717, 1.165) is 5.69 Å². The van der Waals surface area contributed by atoms with Crippen LogP contribution in [0.1, 0.15) is 0 Å². The van der Waals surface area contributed by atoms with Gasteiger partial charge in [-0.1, -0.05) is 12.1 Å². The van der Waals surface area contributed by atoms with Gasteiger partial charge in [0.25, 0.3) is 0 Å². The van der Waals surface area contributed by atoms with Crippen molar-refractivity contribution >= 4 is 36.1 Å². The Morgan fingerprint density at radius 3 is 3.00 bits per heavy atom. The number of halogens is 1. The van der Waals surface area contributed by atoms with Gasteiger partial charge in [-0.2, -0.15) is 0 Å². The molecule has 1 nitrogen and oxygen atoms in total. The predicted molar refractivity (Wildman–Crippen MR) is 47.6 cm³/mol. The molecule has 0 spiro atoms. The molecule has 0 radical (unpaired) electrons. The van der Waals surface area contributed by atoms with Crippen molar-refractivity contribution in [3.63, 3.8) is 0 Å². The topological polar surface area (TPSA) is 12.4 Å². The van der Waals surface area contributed by atoms with Gasteiger partial charge in [-0.25, -0.2) is 4.36 Å². The van der Waals surface area contributed by atoms with Crippen molar-refractivity contribution in [1.82, 2.24) is 0 Å². The largest absolute Gasteiger partial charge is 0.200 e. The molecule has 4 heteroatoms. The second kappa shape index (κ2) is 2.57. The third-order valence-corrected chi connectivity index (χ3v) is 4.15. The summed E-state index contributed by atoms with van der Waals surface area (Å²) in [5.74, 6) is 0. The third kappa shape index (κ3) is 1.09. The lowest BCUT2D eigenvalue weighted by atomic mass is 10.3. The van der Waals surface area contributed by atoms with Gasteiger partial charge in [-0.05, 0) is 33.6 Å². The number of hydrogen-bond acceptors (Lipinski definition) is 2. The van der Waals surface area contributed by atoms with Crippen LogP contribution < -0.4 is 0 Å². The van der Waals surface area contributed by atoms with E-state index in [0.29, 0.717) is 0 Å². The minimum atomic E-state index is -0.355. The second-order valence-corrected chi connectivity index (χ2v) is 5.92. The van der Waals surface area contributed by atoms with E-state index in [4.69, 9.17) is 10.7 Å². The van der Waals surface area contributed by atoms with Gasteiger partial charge in [0.05, 0.1) is 14.6 Å². The van der Waals surface area contributed by atoms with Crippen molar-refractivity contribution in [2.24, 2.45) is 4.36 Å². The Labute approximate surface area is 69.8 Å². The van der Waals surface area contributed by atoms with Crippen LogP contribution in [0.2, 0.25) is 0 Å². The van der Waals surface area contributed by atoms with Gasteiger partial charge in [-0.15, -0.1) is 0 Å². The molecule has 1 atom stereocenters.